The van der Waals surface area contributed by atoms with Gasteiger partial charge in [-0.25, -0.2) is 4.79 Å². The molecule has 2 saturated heterocycles. The molecule has 0 aromatic heterocycles. The van der Waals surface area contributed by atoms with E-state index in [9.17, 15) is 14.4 Å². The van der Waals surface area contributed by atoms with Gasteiger partial charge in [0.15, 0.2) is 12.1 Å². The Morgan fingerprint density at radius 1 is 1.04 bits per heavy atom. The third-order valence-electron chi connectivity index (χ3n) is 8.07. The van der Waals surface area contributed by atoms with Crippen LogP contribution in [0, 0.1) is 0 Å². The topological polar surface area (TPSA) is 151 Å². The van der Waals surface area contributed by atoms with Crippen LogP contribution in [0.3, 0.4) is 0 Å². The third kappa shape index (κ3) is 9.35. The maximum Gasteiger partial charge on any atom is 0.318 e. The van der Waals surface area contributed by atoms with Crippen molar-refractivity contribution < 1.29 is 38.1 Å². The minimum absolute atomic E-state index is 0.208. The molecule has 2 aromatic rings. The van der Waals surface area contributed by atoms with Crippen LogP contribution in [0.25, 0.3) is 0 Å². The molecule has 2 aliphatic heterocycles. The van der Waals surface area contributed by atoms with Crippen molar-refractivity contribution in [2.24, 2.45) is 5.73 Å². The molecule has 0 saturated carbocycles. The number of ether oxygens (including phenoxy) is 5. The van der Waals surface area contributed by atoms with E-state index in [1.165, 1.54) is 7.11 Å². The summed E-state index contributed by atoms with van der Waals surface area (Å²) in [6, 6.07) is 15.1. The molecule has 4 rings (SSSR count). The number of benzene rings is 2. The van der Waals surface area contributed by atoms with Crippen LogP contribution in [0.4, 0.5) is 4.79 Å². The van der Waals surface area contributed by atoms with Crippen molar-refractivity contribution in [2.45, 2.75) is 82.1 Å². The maximum absolute atomic E-state index is 14.2. The van der Waals surface area contributed by atoms with E-state index in [-0.39, 0.29) is 19.0 Å². The van der Waals surface area contributed by atoms with Gasteiger partial charge in [0.05, 0.1) is 13.2 Å². The van der Waals surface area contributed by atoms with Crippen molar-refractivity contribution in [3.05, 3.63) is 65.7 Å². The first-order valence-electron chi connectivity index (χ1n) is 15.4. The number of thioether (sulfide) groups is 1. The lowest BCUT2D eigenvalue weighted by atomic mass is 9.99. The van der Waals surface area contributed by atoms with Crippen molar-refractivity contribution in [2.75, 3.05) is 32.8 Å². The Hall–Kier alpha value is -3.36. The summed E-state index contributed by atoms with van der Waals surface area (Å²) in [5.74, 6) is -0.584. The van der Waals surface area contributed by atoms with Gasteiger partial charge in [0.25, 0.3) is 0 Å². The second-order valence-electron chi connectivity index (χ2n) is 11.8. The van der Waals surface area contributed by atoms with Crippen LogP contribution in [-0.4, -0.2) is 98.0 Å². The highest BCUT2D eigenvalue weighted by Gasteiger charge is 2.57. The summed E-state index contributed by atoms with van der Waals surface area (Å²) in [4.78, 5) is 41.8. The van der Waals surface area contributed by atoms with Gasteiger partial charge in [-0.05, 0) is 62.0 Å². The molecule has 2 fully saturated rings. The van der Waals surface area contributed by atoms with Crippen molar-refractivity contribution in [3.8, 4) is 5.75 Å². The first-order chi connectivity index (χ1) is 22.0. The van der Waals surface area contributed by atoms with E-state index in [1.54, 1.807) is 37.6 Å². The van der Waals surface area contributed by atoms with E-state index in [4.69, 9.17) is 29.4 Å². The Balaban J connectivity index is 1.57. The van der Waals surface area contributed by atoms with Gasteiger partial charge in [-0.3, -0.25) is 9.59 Å². The van der Waals surface area contributed by atoms with Crippen molar-refractivity contribution in [1.29, 1.82) is 0 Å². The van der Waals surface area contributed by atoms with Crippen LogP contribution in [-0.2, 0) is 41.5 Å². The summed E-state index contributed by atoms with van der Waals surface area (Å²) < 4.78 is 29.1. The molecule has 2 aliphatic rings. The highest BCUT2D eigenvalue weighted by Crippen LogP contribution is 2.39. The summed E-state index contributed by atoms with van der Waals surface area (Å²) in [5, 5.41) is 5.98. The van der Waals surface area contributed by atoms with E-state index in [2.05, 4.69) is 10.6 Å². The molecule has 252 valence electrons. The summed E-state index contributed by atoms with van der Waals surface area (Å²) >= 11 is 1.57. The second-order valence-corrected chi connectivity index (χ2v) is 12.8. The SMILES string of the molecule is COc1ccc(CCN(C(=O)NCc2ccccc2)[C@@H](CCSC)C(=O)N[C@@H](CC(N)=O)[C@@H]2O[C@H]3OC(C)(C)O[C@H]3[C@@H]2OC)cc1. The minimum atomic E-state index is -0.875. The number of nitrogens with two attached hydrogens (primary N) is 1. The molecule has 2 heterocycles. The number of primary amides is 1. The smallest absolute Gasteiger partial charge is 0.318 e. The Morgan fingerprint density at radius 3 is 2.39 bits per heavy atom. The summed E-state index contributed by atoms with van der Waals surface area (Å²) in [5.41, 5.74) is 7.55. The lowest BCUT2D eigenvalue weighted by molar-refractivity contribution is -0.220. The fraction of sp³-hybridized carbons (Fsp3) is 0.545. The molecule has 0 radical (unpaired) electrons. The predicted molar refractivity (Wildman–Crippen MR) is 174 cm³/mol. The van der Waals surface area contributed by atoms with Crippen LogP contribution in [0.5, 0.6) is 5.75 Å². The fourth-order valence-corrected chi connectivity index (χ4v) is 6.27. The molecule has 46 heavy (non-hydrogen) atoms. The Labute approximate surface area is 275 Å². The van der Waals surface area contributed by atoms with Gasteiger partial charge in [0.1, 0.15) is 30.1 Å². The number of fused-ring (bicyclic) bond motifs is 1. The normalized spacial score (nSPS) is 22.8. The van der Waals surface area contributed by atoms with Gasteiger partial charge < -0.3 is 45.0 Å². The number of carbonyl (C=O) groups is 3. The molecule has 0 unspecified atom stereocenters. The highest BCUT2D eigenvalue weighted by molar-refractivity contribution is 7.98. The number of nitrogens with zero attached hydrogens (tertiary/aromatic N) is 1. The van der Waals surface area contributed by atoms with Crippen LogP contribution >= 0.6 is 11.8 Å². The van der Waals surface area contributed by atoms with Crippen LogP contribution < -0.4 is 21.1 Å². The van der Waals surface area contributed by atoms with Crippen molar-refractivity contribution in [3.63, 3.8) is 0 Å². The van der Waals surface area contributed by atoms with Crippen LogP contribution in [0.15, 0.2) is 54.6 Å². The van der Waals surface area contributed by atoms with Crippen LogP contribution in [0.2, 0.25) is 0 Å². The van der Waals surface area contributed by atoms with Gasteiger partial charge in [-0.1, -0.05) is 42.5 Å². The van der Waals surface area contributed by atoms with E-state index in [0.717, 1.165) is 16.9 Å². The number of amides is 4. The summed E-state index contributed by atoms with van der Waals surface area (Å²) in [7, 11) is 3.12. The maximum atomic E-state index is 14.2. The quantitative estimate of drug-likeness (QED) is 0.247. The molecule has 0 aliphatic carbocycles. The van der Waals surface area contributed by atoms with Gasteiger partial charge in [0.2, 0.25) is 11.8 Å². The van der Waals surface area contributed by atoms with Gasteiger partial charge in [0, 0.05) is 26.6 Å². The summed E-state index contributed by atoms with van der Waals surface area (Å²) in [6.45, 7) is 4.11. The van der Waals surface area contributed by atoms with Gasteiger partial charge >= 0.3 is 6.03 Å². The molecular weight excluding hydrogens is 612 g/mol. The van der Waals surface area contributed by atoms with Crippen LogP contribution in [0.1, 0.15) is 37.8 Å². The monoisotopic (exact) mass is 658 g/mol. The van der Waals surface area contributed by atoms with E-state index < -0.39 is 54.3 Å². The zero-order valence-corrected chi connectivity index (χ0v) is 27.9. The third-order valence-corrected chi connectivity index (χ3v) is 8.71. The highest BCUT2D eigenvalue weighted by atomic mass is 32.2. The molecule has 13 heteroatoms. The first-order valence-corrected chi connectivity index (χ1v) is 16.8. The zero-order chi connectivity index (χ0) is 33.3. The lowest BCUT2D eigenvalue weighted by Gasteiger charge is -2.34. The number of hydrogen-bond acceptors (Lipinski definition) is 9. The fourth-order valence-electron chi connectivity index (χ4n) is 5.81. The molecule has 0 spiro atoms. The summed E-state index contributed by atoms with van der Waals surface area (Å²) in [6.07, 6.45) is -0.110. The Morgan fingerprint density at radius 2 is 1.76 bits per heavy atom. The number of rotatable bonds is 16. The zero-order valence-electron chi connectivity index (χ0n) is 27.1. The second kappa shape index (κ2) is 16.5. The molecule has 2 aromatic carbocycles. The molecule has 0 bridgehead atoms. The molecule has 6 atom stereocenters. The average molecular weight is 659 g/mol. The standard InChI is InChI=1S/C33H46N4O8S/c1-33(2)44-29-28(42-4)27(43-31(29)45-33)24(19-26(34)38)36-30(39)25(16-18-46-5)37(17-15-21-11-13-23(41-3)14-12-21)32(40)35-20-22-9-7-6-8-10-22/h6-14,24-25,27-29,31H,15-20H2,1-5H3,(H2,34,38)(H,35,40)(H,36,39)/t24-,25-,27-,28+,29-,31-/m0/s1. The first kappa shape index (κ1) is 35.5. The Kier molecular flexibility index (Phi) is 12.7. The predicted octanol–water partition coefficient (Wildman–Crippen LogP) is 2.82. The lowest BCUT2D eigenvalue weighted by Crippen LogP contribution is -2.58. The van der Waals surface area contributed by atoms with E-state index in [0.29, 0.717) is 25.1 Å². The number of urea groups is 1. The Bertz CT molecular complexity index is 1300. The minimum Gasteiger partial charge on any atom is -0.497 e. The van der Waals surface area contributed by atoms with Crippen molar-refractivity contribution >= 4 is 29.6 Å². The van der Waals surface area contributed by atoms with E-state index >= 15 is 0 Å². The van der Waals surface area contributed by atoms with Crippen molar-refractivity contribution in [1.82, 2.24) is 15.5 Å². The molecular formula is C33H46N4O8S. The number of nitrogens with one attached hydrogen (secondary N) is 2. The molecule has 12 nitrogen and oxygen atoms in total. The number of carbonyl (C=O) groups excluding carboxylic acids is 3. The number of hydrogen-bond donors (Lipinski definition) is 3. The van der Waals surface area contributed by atoms with Gasteiger partial charge in [-0.2, -0.15) is 11.8 Å². The average Bonchev–Trinajstić information content (AvgIpc) is 3.52. The largest absolute Gasteiger partial charge is 0.497 e. The molecule has 4 N–H and O–H groups in total. The number of methoxy groups -OCH3 is 2. The van der Waals surface area contributed by atoms with Gasteiger partial charge in [-0.15, -0.1) is 0 Å². The van der Waals surface area contributed by atoms with E-state index in [1.807, 2.05) is 60.9 Å². The molecule has 4 amide bonds.